The number of aryl methyl sites for hydroxylation is 1. The van der Waals surface area contributed by atoms with Crippen LogP contribution in [0.25, 0.3) is 0 Å². The lowest BCUT2D eigenvalue weighted by molar-refractivity contribution is -0.148. The first kappa shape index (κ1) is 18.4. The molecule has 0 aromatic heterocycles. The number of carbonyl (C=O) groups excluding carboxylic acids is 1. The summed E-state index contributed by atoms with van der Waals surface area (Å²) in [6.45, 7) is 0. The molecule has 2 N–H and O–H groups in total. The van der Waals surface area contributed by atoms with E-state index in [9.17, 15) is 14.7 Å². The highest BCUT2D eigenvalue weighted by atomic mass is 35.5. The summed E-state index contributed by atoms with van der Waals surface area (Å²) in [5.74, 6) is 0.376. The first-order valence-electron chi connectivity index (χ1n) is 7.49. The average molecular weight is 376 g/mol. The van der Waals surface area contributed by atoms with Crippen LogP contribution in [-0.2, 0) is 16.0 Å². The second-order valence-electron chi connectivity index (χ2n) is 5.65. The maximum Gasteiger partial charge on any atom is 0.329 e. The fraction of sp³-hybridized carbons (Fsp3) is 0.500. The largest absolute Gasteiger partial charge is 0.480 e. The Morgan fingerprint density at radius 1 is 1.22 bits per heavy atom. The first-order chi connectivity index (χ1) is 10.9. The van der Waals surface area contributed by atoms with Crippen molar-refractivity contribution in [1.82, 2.24) is 5.32 Å². The fourth-order valence-corrected chi connectivity index (χ4v) is 4.10. The molecule has 1 aliphatic rings. The zero-order valence-corrected chi connectivity index (χ0v) is 14.9. The van der Waals surface area contributed by atoms with E-state index in [0.717, 1.165) is 17.1 Å². The molecule has 1 heterocycles. The molecule has 7 heteroatoms. The van der Waals surface area contributed by atoms with E-state index in [1.54, 1.807) is 23.9 Å². The van der Waals surface area contributed by atoms with E-state index in [1.807, 2.05) is 6.07 Å². The Morgan fingerprint density at radius 3 is 2.52 bits per heavy atom. The molecular formula is C16H19Cl2NO3S. The van der Waals surface area contributed by atoms with E-state index in [4.69, 9.17) is 23.2 Å². The molecule has 23 heavy (non-hydrogen) atoms. The molecule has 0 unspecified atom stereocenters. The van der Waals surface area contributed by atoms with Crippen molar-refractivity contribution in [2.75, 3.05) is 11.5 Å². The zero-order valence-electron chi connectivity index (χ0n) is 12.6. The van der Waals surface area contributed by atoms with Crippen LogP contribution in [-0.4, -0.2) is 34.0 Å². The molecule has 0 bridgehead atoms. The van der Waals surface area contributed by atoms with Gasteiger partial charge in [-0.1, -0.05) is 29.3 Å². The molecule has 2 rings (SSSR count). The number of aliphatic carboxylic acids is 1. The second kappa shape index (κ2) is 8.27. The van der Waals surface area contributed by atoms with E-state index in [-0.39, 0.29) is 5.91 Å². The molecule has 0 atom stereocenters. The van der Waals surface area contributed by atoms with Crippen molar-refractivity contribution < 1.29 is 14.7 Å². The van der Waals surface area contributed by atoms with Crippen molar-refractivity contribution in [2.24, 2.45) is 0 Å². The zero-order chi connectivity index (χ0) is 16.9. The molecule has 126 valence electrons. The molecule has 0 radical (unpaired) electrons. The number of rotatable bonds is 6. The molecule has 0 spiro atoms. The first-order valence-corrected chi connectivity index (χ1v) is 9.40. The van der Waals surface area contributed by atoms with E-state index < -0.39 is 11.5 Å². The van der Waals surface area contributed by atoms with Crippen molar-refractivity contribution >= 4 is 46.8 Å². The van der Waals surface area contributed by atoms with Crippen LogP contribution in [0.4, 0.5) is 0 Å². The minimum Gasteiger partial charge on any atom is -0.480 e. The number of thioether (sulfide) groups is 1. The minimum absolute atomic E-state index is 0.209. The van der Waals surface area contributed by atoms with Gasteiger partial charge in [0.15, 0.2) is 0 Å². The summed E-state index contributed by atoms with van der Waals surface area (Å²) in [6.07, 6.45) is 2.58. The Morgan fingerprint density at radius 2 is 1.91 bits per heavy atom. The van der Waals surface area contributed by atoms with Gasteiger partial charge in [-0.05, 0) is 54.9 Å². The maximum absolute atomic E-state index is 12.1. The number of hydrogen-bond donors (Lipinski definition) is 2. The van der Waals surface area contributed by atoms with Gasteiger partial charge in [-0.2, -0.15) is 11.8 Å². The highest BCUT2D eigenvalue weighted by molar-refractivity contribution is 7.99. The molecule has 0 saturated carbocycles. The summed E-state index contributed by atoms with van der Waals surface area (Å²) in [5, 5.41) is 13.2. The third kappa shape index (κ3) is 5.03. The van der Waals surface area contributed by atoms with Gasteiger partial charge in [0.05, 0.1) is 10.0 Å². The average Bonchev–Trinajstić information content (AvgIpc) is 2.51. The lowest BCUT2D eigenvalue weighted by atomic mass is 9.92. The van der Waals surface area contributed by atoms with Gasteiger partial charge < -0.3 is 10.4 Å². The van der Waals surface area contributed by atoms with Crippen molar-refractivity contribution in [3.8, 4) is 0 Å². The Kier molecular flexibility index (Phi) is 6.62. The number of hydrogen-bond acceptors (Lipinski definition) is 3. The summed E-state index contributed by atoms with van der Waals surface area (Å²) in [7, 11) is 0. The van der Waals surface area contributed by atoms with Gasteiger partial charge >= 0.3 is 5.97 Å². The molecule has 1 fully saturated rings. The predicted octanol–water partition coefficient (Wildman–Crippen LogP) is 3.78. The van der Waals surface area contributed by atoms with Crippen LogP contribution in [0, 0.1) is 0 Å². The highest BCUT2D eigenvalue weighted by Crippen LogP contribution is 2.28. The molecule has 1 aromatic carbocycles. The van der Waals surface area contributed by atoms with E-state index in [0.29, 0.717) is 42.1 Å². The Bertz CT molecular complexity index is 589. The summed E-state index contributed by atoms with van der Waals surface area (Å²) >= 11 is 13.5. The van der Waals surface area contributed by atoms with E-state index in [2.05, 4.69) is 5.32 Å². The van der Waals surface area contributed by atoms with E-state index in [1.165, 1.54) is 0 Å². The van der Waals surface area contributed by atoms with Crippen LogP contribution in [0.2, 0.25) is 10.0 Å². The van der Waals surface area contributed by atoms with Crippen LogP contribution < -0.4 is 5.32 Å². The third-order valence-corrected chi connectivity index (χ3v) is 5.71. The van der Waals surface area contributed by atoms with Crippen molar-refractivity contribution in [1.29, 1.82) is 0 Å². The van der Waals surface area contributed by atoms with Gasteiger partial charge in [0, 0.05) is 6.42 Å². The number of carboxylic acids is 1. The Labute approximate surface area is 149 Å². The summed E-state index contributed by atoms with van der Waals surface area (Å²) in [4.78, 5) is 23.6. The highest BCUT2D eigenvalue weighted by Gasteiger charge is 2.40. The number of benzene rings is 1. The molecule has 1 aliphatic heterocycles. The van der Waals surface area contributed by atoms with Crippen molar-refractivity contribution in [3.05, 3.63) is 33.8 Å². The van der Waals surface area contributed by atoms with Crippen molar-refractivity contribution in [3.63, 3.8) is 0 Å². The lowest BCUT2D eigenvalue weighted by Crippen LogP contribution is -2.56. The number of carbonyl (C=O) groups is 2. The number of nitrogens with one attached hydrogen (secondary N) is 1. The molecule has 0 aliphatic carbocycles. The van der Waals surface area contributed by atoms with Crippen LogP contribution in [0.3, 0.4) is 0 Å². The Balaban J connectivity index is 1.84. The van der Waals surface area contributed by atoms with E-state index >= 15 is 0 Å². The van der Waals surface area contributed by atoms with Gasteiger partial charge in [0.25, 0.3) is 0 Å². The maximum atomic E-state index is 12.1. The number of amides is 1. The fourth-order valence-electron chi connectivity index (χ4n) is 2.59. The minimum atomic E-state index is -1.09. The van der Waals surface area contributed by atoms with Gasteiger partial charge in [-0.25, -0.2) is 4.79 Å². The Hall–Kier alpha value is -0.910. The number of carboxylic acid groups (broad SMARTS) is 1. The van der Waals surface area contributed by atoms with Gasteiger partial charge in [-0.15, -0.1) is 0 Å². The standard InChI is InChI=1S/C16H19Cl2NO3S/c17-12-5-4-11(10-13(12)18)2-1-3-14(20)19-16(15(21)22)6-8-23-9-7-16/h4-5,10H,1-3,6-9H2,(H,19,20)(H,21,22). The normalized spacial score (nSPS) is 16.8. The SMILES string of the molecule is O=C(CCCc1ccc(Cl)c(Cl)c1)NC1(C(=O)O)CCSCC1. The summed E-state index contributed by atoms with van der Waals surface area (Å²) in [6, 6.07) is 5.40. The smallest absolute Gasteiger partial charge is 0.329 e. The molecule has 4 nitrogen and oxygen atoms in total. The third-order valence-electron chi connectivity index (χ3n) is 3.99. The van der Waals surface area contributed by atoms with Crippen LogP contribution in [0.5, 0.6) is 0 Å². The number of halogens is 2. The topological polar surface area (TPSA) is 66.4 Å². The quantitative estimate of drug-likeness (QED) is 0.793. The summed E-state index contributed by atoms with van der Waals surface area (Å²) < 4.78 is 0. The predicted molar refractivity (Wildman–Crippen MR) is 94.5 cm³/mol. The second-order valence-corrected chi connectivity index (χ2v) is 7.69. The lowest BCUT2D eigenvalue weighted by Gasteiger charge is -2.33. The van der Waals surface area contributed by atoms with Crippen LogP contribution in [0.1, 0.15) is 31.2 Å². The van der Waals surface area contributed by atoms with Gasteiger partial charge in [0.2, 0.25) is 5.91 Å². The van der Waals surface area contributed by atoms with Crippen molar-refractivity contribution in [2.45, 2.75) is 37.6 Å². The monoisotopic (exact) mass is 375 g/mol. The van der Waals surface area contributed by atoms with Crippen LogP contribution in [0.15, 0.2) is 18.2 Å². The molecular weight excluding hydrogens is 357 g/mol. The molecule has 1 saturated heterocycles. The molecule has 1 aromatic rings. The summed E-state index contributed by atoms with van der Waals surface area (Å²) in [5.41, 5.74) is -0.0828. The molecule has 1 amide bonds. The van der Waals surface area contributed by atoms with Gasteiger partial charge in [-0.3, -0.25) is 4.79 Å². The van der Waals surface area contributed by atoms with Gasteiger partial charge in [0.1, 0.15) is 5.54 Å². The van der Waals surface area contributed by atoms with Crippen LogP contribution >= 0.6 is 35.0 Å².